The summed E-state index contributed by atoms with van der Waals surface area (Å²) in [7, 11) is 0. The number of halogens is 1. The van der Waals surface area contributed by atoms with Crippen LogP contribution in [0.15, 0.2) is 24.3 Å². The highest BCUT2D eigenvalue weighted by Gasteiger charge is 2.38. The van der Waals surface area contributed by atoms with Crippen LogP contribution in [0.5, 0.6) is 0 Å². The summed E-state index contributed by atoms with van der Waals surface area (Å²) in [5.41, 5.74) is 0.201. The molecule has 17 heavy (non-hydrogen) atoms. The highest BCUT2D eigenvalue weighted by Crippen LogP contribution is 2.21. The van der Waals surface area contributed by atoms with E-state index >= 15 is 0 Å². The van der Waals surface area contributed by atoms with Gasteiger partial charge in [-0.05, 0) is 18.2 Å². The average Bonchev–Trinajstić information content (AvgIpc) is 2.55. The third-order valence-electron chi connectivity index (χ3n) is 2.41. The van der Waals surface area contributed by atoms with E-state index in [1.807, 2.05) is 0 Å². The largest absolute Gasteiger partial charge is 0.329 e. The van der Waals surface area contributed by atoms with E-state index in [-0.39, 0.29) is 12.1 Å². The number of carbonyl (C=O) groups is 2. The molecule has 1 fully saturated rings. The van der Waals surface area contributed by atoms with Crippen molar-refractivity contribution in [3.8, 4) is 12.3 Å². The van der Waals surface area contributed by atoms with Crippen molar-refractivity contribution in [2.75, 3.05) is 4.90 Å². The Morgan fingerprint density at radius 1 is 1.47 bits per heavy atom. The highest BCUT2D eigenvalue weighted by atomic mass is 19.1. The number of imide groups is 1. The normalized spacial score (nSPS) is 19.1. The number of anilines is 1. The number of hydrogen-bond donors (Lipinski definition) is 1. The second kappa shape index (κ2) is 4.26. The minimum Gasteiger partial charge on any atom is -0.324 e. The molecule has 0 saturated carbocycles. The fourth-order valence-electron chi connectivity index (χ4n) is 1.65. The van der Waals surface area contributed by atoms with Crippen LogP contribution in [-0.2, 0) is 4.79 Å². The van der Waals surface area contributed by atoms with Gasteiger partial charge in [0.1, 0.15) is 11.9 Å². The van der Waals surface area contributed by atoms with Gasteiger partial charge in [0.15, 0.2) is 0 Å². The number of carbonyl (C=O) groups excluding carboxylic acids is 2. The average molecular weight is 232 g/mol. The van der Waals surface area contributed by atoms with Crippen LogP contribution in [0.4, 0.5) is 14.9 Å². The smallest absolute Gasteiger partial charge is 0.324 e. The number of benzene rings is 1. The standard InChI is InChI=1S/C12H9FN2O2/c1-2-4-10-11(16)15(12(17)14-10)9-6-3-5-8(13)7-9/h1,3,5-7,10H,4H2,(H,14,17). The van der Waals surface area contributed by atoms with Gasteiger partial charge in [-0.15, -0.1) is 12.3 Å². The molecule has 3 amide bonds. The second-order valence-corrected chi connectivity index (χ2v) is 3.56. The fourth-order valence-corrected chi connectivity index (χ4v) is 1.65. The van der Waals surface area contributed by atoms with Crippen LogP contribution in [0.2, 0.25) is 0 Å². The summed E-state index contributed by atoms with van der Waals surface area (Å²) in [6.07, 6.45) is 5.21. The molecule has 1 heterocycles. The predicted octanol–water partition coefficient (Wildman–Crippen LogP) is 1.27. The molecule has 0 aliphatic carbocycles. The summed E-state index contributed by atoms with van der Waals surface area (Å²) in [5, 5.41) is 2.45. The molecule has 1 aromatic rings. The first-order valence-corrected chi connectivity index (χ1v) is 4.97. The monoisotopic (exact) mass is 232 g/mol. The molecule has 0 radical (unpaired) electrons. The van der Waals surface area contributed by atoms with Gasteiger partial charge in [-0.1, -0.05) is 6.07 Å². The van der Waals surface area contributed by atoms with Crippen molar-refractivity contribution in [3.63, 3.8) is 0 Å². The van der Waals surface area contributed by atoms with Gasteiger partial charge >= 0.3 is 6.03 Å². The minimum atomic E-state index is -0.726. The molecule has 0 aromatic heterocycles. The maximum Gasteiger partial charge on any atom is 0.329 e. The summed E-state index contributed by atoms with van der Waals surface area (Å²) >= 11 is 0. The van der Waals surface area contributed by atoms with Gasteiger partial charge in [-0.3, -0.25) is 4.79 Å². The number of nitrogens with one attached hydrogen (secondary N) is 1. The lowest BCUT2D eigenvalue weighted by atomic mass is 10.2. The third-order valence-corrected chi connectivity index (χ3v) is 2.41. The van der Waals surface area contributed by atoms with Crippen molar-refractivity contribution in [1.82, 2.24) is 5.32 Å². The summed E-state index contributed by atoms with van der Waals surface area (Å²) in [4.78, 5) is 24.3. The van der Waals surface area contributed by atoms with Gasteiger partial charge in [0.05, 0.1) is 5.69 Å². The molecule has 5 heteroatoms. The Labute approximate surface area is 97.4 Å². The quantitative estimate of drug-likeness (QED) is 0.616. The Morgan fingerprint density at radius 2 is 2.24 bits per heavy atom. The molecule has 86 valence electrons. The molecule has 1 atom stereocenters. The van der Waals surface area contributed by atoms with Gasteiger partial charge in [0, 0.05) is 6.42 Å². The van der Waals surface area contributed by atoms with Crippen molar-refractivity contribution in [3.05, 3.63) is 30.1 Å². The van der Waals surface area contributed by atoms with Crippen LogP contribution in [0.25, 0.3) is 0 Å². The molecule has 1 N–H and O–H groups in total. The number of urea groups is 1. The molecule has 1 unspecified atom stereocenters. The van der Waals surface area contributed by atoms with Crippen LogP contribution in [0.1, 0.15) is 6.42 Å². The van der Waals surface area contributed by atoms with E-state index in [4.69, 9.17) is 6.42 Å². The SMILES string of the molecule is C#CCC1NC(=O)N(c2cccc(F)c2)C1=O. The Bertz CT molecular complexity index is 521. The van der Waals surface area contributed by atoms with Crippen molar-refractivity contribution in [1.29, 1.82) is 0 Å². The summed E-state index contributed by atoms with van der Waals surface area (Å²) in [5.74, 6) is 1.34. The molecule has 1 saturated heterocycles. The van der Waals surface area contributed by atoms with Crippen molar-refractivity contribution in [2.45, 2.75) is 12.5 Å². The third kappa shape index (κ3) is 1.97. The Kier molecular flexibility index (Phi) is 2.79. The van der Waals surface area contributed by atoms with E-state index in [2.05, 4.69) is 11.2 Å². The molecular weight excluding hydrogens is 223 g/mol. The molecular formula is C12H9FN2O2. The topological polar surface area (TPSA) is 49.4 Å². The first kappa shape index (κ1) is 11.1. The van der Waals surface area contributed by atoms with Crippen molar-refractivity contribution < 1.29 is 14.0 Å². The van der Waals surface area contributed by atoms with E-state index in [1.54, 1.807) is 0 Å². The van der Waals surface area contributed by atoms with Gasteiger partial charge in [0.2, 0.25) is 0 Å². The van der Waals surface area contributed by atoms with Crippen LogP contribution in [-0.4, -0.2) is 18.0 Å². The molecule has 0 spiro atoms. The van der Waals surface area contributed by atoms with E-state index in [9.17, 15) is 14.0 Å². The number of amides is 3. The van der Waals surface area contributed by atoms with E-state index in [0.717, 1.165) is 11.0 Å². The number of terminal acetylenes is 1. The lowest BCUT2D eigenvalue weighted by molar-refractivity contribution is -0.118. The second-order valence-electron chi connectivity index (χ2n) is 3.56. The molecule has 2 rings (SSSR count). The zero-order valence-corrected chi connectivity index (χ0v) is 8.81. The van der Waals surface area contributed by atoms with Crippen LogP contribution < -0.4 is 10.2 Å². The lowest BCUT2D eigenvalue weighted by Gasteiger charge is -2.12. The zero-order valence-electron chi connectivity index (χ0n) is 8.81. The molecule has 4 nitrogen and oxygen atoms in total. The van der Waals surface area contributed by atoms with Crippen molar-refractivity contribution >= 4 is 17.6 Å². The Morgan fingerprint density at radius 3 is 2.88 bits per heavy atom. The Balaban J connectivity index is 2.31. The number of rotatable bonds is 2. The van der Waals surface area contributed by atoms with Crippen LogP contribution in [0.3, 0.4) is 0 Å². The number of nitrogens with zero attached hydrogens (tertiary/aromatic N) is 1. The molecule has 1 aliphatic rings. The summed E-state index contributed by atoms with van der Waals surface area (Å²) in [6.45, 7) is 0. The van der Waals surface area contributed by atoms with E-state index < -0.39 is 23.8 Å². The zero-order chi connectivity index (χ0) is 12.4. The van der Waals surface area contributed by atoms with E-state index in [1.165, 1.54) is 18.2 Å². The molecule has 0 bridgehead atoms. The van der Waals surface area contributed by atoms with Gasteiger partial charge in [0.25, 0.3) is 5.91 Å². The number of hydrogen-bond acceptors (Lipinski definition) is 2. The first-order chi connectivity index (χ1) is 8.13. The van der Waals surface area contributed by atoms with Crippen LogP contribution >= 0.6 is 0 Å². The van der Waals surface area contributed by atoms with Crippen molar-refractivity contribution in [2.24, 2.45) is 0 Å². The van der Waals surface area contributed by atoms with Gasteiger partial charge in [-0.2, -0.15) is 0 Å². The molecule has 1 aromatic carbocycles. The lowest BCUT2D eigenvalue weighted by Crippen LogP contribution is -2.31. The van der Waals surface area contributed by atoms with Gasteiger partial charge < -0.3 is 5.32 Å². The van der Waals surface area contributed by atoms with Crippen LogP contribution in [0, 0.1) is 18.2 Å². The van der Waals surface area contributed by atoms with E-state index in [0.29, 0.717) is 0 Å². The summed E-state index contributed by atoms with van der Waals surface area (Å²) in [6, 6.07) is 3.96. The fraction of sp³-hybridized carbons (Fsp3) is 0.167. The van der Waals surface area contributed by atoms with Gasteiger partial charge in [-0.25, -0.2) is 14.1 Å². The minimum absolute atomic E-state index is 0.121. The first-order valence-electron chi connectivity index (χ1n) is 4.97. The highest BCUT2D eigenvalue weighted by molar-refractivity contribution is 6.21. The summed E-state index contributed by atoms with van der Waals surface area (Å²) < 4.78 is 13.0. The maximum atomic E-state index is 13.0. The predicted molar refractivity (Wildman–Crippen MR) is 59.7 cm³/mol. The molecule has 1 aliphatic heterocycles. The Hall–Kier alpha value is -2.35. The maximum absolute atomic E-state index is 13.0.